The van der Waals surface area contributed by atoms with E-state index >= 15 is 0 Å². The molecule has 0 aliphatic heterocycles. The molecule has 3 heteroatoms. The summed E-state index contributed by atoms with van der Waals surface area (Å²) in [6.07, 6.45) is 9.83. The molecule has 0 atom stereocenters. The molecule has 0 fully saturated rings. The topological polar surface area (TPSA) is 29.5 Å². The standard InChI is InChI=1S/C18H25NO2/c1-4-13-19(3)14-7-5-6-8-15-21-18-11-9-17(10-12-18)16(2)20/h1,9-12H,5-8,13-15H2,2-3H3. The third-order valence-corrected chi connectivity index (χ3v) is 3.32. The second-order valence-corrected chi connectivity index (χ2v) is 5.29. The van der Waals surface area contributed by atoms with Gasteiger partial charge < -0.3 is 4.74 Å². The van der Waals surface area contributed by atoms with Crippen LogP contribution in [-0.4, -0.2) is 37.4 Å². The van der Waals surface area contributed by atoms with Crippen LogP contribution in [0.2, 0.25) is 0 Å². The largest absolute Gasteiger partial charge is 0.494 e. The zero-order chi connectivity index (χ0) is 15.5. The maximum Gasteiger partial charge on any atom is 0.159 e. The number of rotatable bonds is 10. The molecule has 0 saturated carbocycles. The molecule has 1 rings (SSSR count). The highest BCUT2D eigenvalue weighted by Gasteiger charge is 2.00. The lowest BCUT2D eigenvalue weighted by Gasteiger charge is -2.12. The van der Waals surface area contributed by atoms with Gasteiger partial charge in [-0.2, -0.15) is 0 Å². The summed E-state index contributed by atoms with van der Waals surface area (Å²) in [5.74, 6) is 3.55. The Hall–Kier alpha value is -1.79. The van der Waals surface area contributed by atoms with E-state index in [2.05, 4.69) is 10.8 Å². The van der Waals surface area contributed by atoms with Gasteiger partial charge in [0.25, 0.3) is 0 Å². The Morgan fingerprint density at radius 1 is 1.19 bits per heavy atom. The number of unbranched alkanes of at least 4 members (excludes halogenated alkanes) is 3. The van der Waals surface area contributed by atoms with Gasteiger partial charge in [0, 0.05) is 5.56 Å². The molecular weight excluding hydrogens is 262 g/mol. The second kappa shape index (κ2) is 10.0. The van der Waals surface area contributed by atoms with Crippen molar-refractivity contribution >= 4 is 5.78 Å². The minimum Gasteiger partial charge on any atom is -0.494 e. The van der Waals surface area contributed by atoms with Gasteiger partial charge >= 0.3 is 0 Å². The molecule has 0 saturated heterocycles. The van der Waals surface area contributed by atoms with E-state index in [4.69, 9.17) is 11.2 Å². The molecule has 0 aliphatic carbocycles. The van der Waals surface area contributed by atoms with Gasteiger partial charge in [-0.05, 0) is 57.6 Å². The number of nitrogens with zero attached hydrogens (tertiary/aromatic N) is 1. The number of carbonyl (C=O) groups excluding carboxylic acids is 1. The molecule has 3 nitrogen and oxygen atoms in total. The van der Waals surface area contributed by atoms with Crippen LogP contribution in [0.1, 0.15) is 43.0 Å². The smallest absolute Gasteiger partial charge is 0.159 e. The van der Waals surface area contributed by atoms with Crippen molar-refractivity contribution in [1.82, 2.24) is 4.90 Å². The first-order valence-corrected chi connectivity index (χ1v) is 7.49. The first kappa shape index (κ1) is 17.3. The summed E-state index contributed by atoms with van der Waals surface area (Å²) in [5.41, 5.74) is 0.721. The van der Waals surface area contributed by atoms with Gasteiger partial charge in [0.05, 0.1) is 13.2 Å². The average molecular weight is 287 g/mol. The van der Waals surface area contributed by atoms with Crippen molar-refractivity contribution in [1.29, 1.82) is 0 Å². The highest BCUT2D eigenvalue weighted by molar-refractivity contribution is 5.94. The summed E-state index contributed by atoms with van der Waals surface area (Å²) < 4.78 is 5.66. The van der Waals surface area contributed by atoms with Crippen molar-refractivity contribution < 1.29 is 9.53 Å². The number of hydrogen-bond acceptors (Lipinski definition) is 3. The minimum absolute atomic E-state index is 0.0800. The van der Waals surface area contributed by atoms with Crippen LogP contribution in [0.4, 0.5) is 0 Å². The highest BCUT2D eigenvalue weighted by Crippen LogP contribution is 2.13. The summed E-state index contributed by atoms with van der Waals surface area (Å²) in [4.78, 5) is 13.3. The zero-order valence-corrected chi connectivity index (χ0v) is 13.1. The Balaban J connectivity index is 2.06. The third-order valence-electron chi connectivity index (χ3n) is 3.32. The normalized spacial score (nSPS) is 10.4. The van der Waals surface area contributed by atoms with E-state index in [-0.39, 0.29) is 5.78 Å². The van der Waals surface area contributed by atoms with Crippen molar-refractivity contribution in [3.05, 3.63) is 29.8 Å². The van der Waals surface area contributed by atoms with Crippen LogP contribution in [0, 0.1) is 12.3 Å². The lowest BCUT2D eigenvalue weighted by atomic mass is 10.1. The van der Waals surface area contributed by atoms with E-state index in [0.717, 1.165) is 43.9 Å². The van der Waals surface area contributed by atoms with Gasteiger partial charge in [-0.3, -0.25) is 9.69 Å². The number of ketones is 1. The Kier molecular flexibility index (Phi) is 8.23. The first-order chi connectivity index (χ1) is 10.1. The average Bonchev–Trinajstić information content (AvgIpc) is 2.47. The van der Waals surface area contributed by atoms with E-state index in [9.17, 15) is 4.79 Å². The predicted molar refractivity (Wildman–Crippen MR) is 86.7 cm³/mol. The second-order valence-electron chi connectivity index (χ2n) is 5.29. The maximum atomic E-state index is 11.2. The highest BCUT2D eigenvalue weighted by atomic mass is 16.5. The summed E-state index contributed by atoms with van der Waals surface area (Å²) in [7, 11) is 2.05. The van der Waals surface area contributed by atoms with Crippen LogP contribution in [0.3, 0.4) is 0 Å². The van der Waals surface area contributed by atoms with Gasteiger partial charge in [0.2, 0.25) is 0 Å². The van der Waals surface area contributed by atoms with Crippen LogP contribution in [0.5, 0.6) is 5.75 Å². The molecule has 0 aliphatic rings. The maximum absolute atomic E-state index is 11.2. The van der Waals surface area contributed by atoms with Crippen molar-refractivity contribution in [2.75, 3.05) is 26.7 Å². The fourth-order valence-electron chi connectivity index (χ4n) is 2.05. The van der Waals surface area contributed by atoms with Crippen LogP contribution in [-0.2, 0) is 0 Å². The van der Waals surface area contributed by atoms with Crippen LogP contribution in [0.25, 0.3) is 0 Å². The van der Waals surface area contributed by atoms with Crippen LogP contribution < -0.4 is 4.74 Å². The Morgan fingerprint density at radius 2 is 1.86 bits per heavy atom. The van der Waals surface area contributed by atoms with E-state index in [1.165, 1.54) is 12.8 Å². The number of Topliss-reactive ketones (excluding diaryl/α,β-unsaturated/α-hetero) is 1. The Bertz CT molecular complexity index is 459. The summed E-state index contributed by atoms with van der Waals surface area (Å²) in [6.45, 7) is 4.06. The molecule has 0 unspecified atom stereocenters. The molecule has 0 aromatic heterocycles. The molecule has 1 aromatic carbocycles. The Morgan fingerprint density at radius 3 is 2.48 bits per heavy atom. The van der Waals surface area contributed by atoms with E-state index < -0.39 is 0 Å². The number of terminal acetylenes is 1. The summed E-state index contributed by atoms with van der Waals surface area (Å²) in [5, 5.41) is 0. The quantitative estimate of drug-likeness (QED) is 0.375. The number of ether oxygens (including phenoxy) is 1. The molecule has 0 spiro atoms. The van der Waals surface area contributed by atoms with E-state index in [1.807, 2.05) is 19.2 Å². The molecular formula is C18H25NO2. The molecule has 0 amide bonds. The summed E-state index contributed by atoms with van der Waals surface area (Å²) in [6, 6.07) is 7.31. The van der Waals surface area contributed by atoms with Crippen molar-refractivity contribution in [3.63, 3.8) is 0 Å². The molecule has 0 N–H and O–H groups in total. The van der Waals surface area contributed by atoms with Gasteiger partial charge in [0.1, 0.15) is 5.75 Å². The summed E-state index contributed by atoms with van der Waals surface area (Å²) >= 11 is 0. The van der Waals surface area contributed by atoms with Crippen molar-refractivity contribution in [3.8, 4) is 18.1 Å². The first-order valence-electron chi connectivity index (χ1n) is 7.49. The van der Waals surface area contributed by atoms with E-state index in [1.54, 1.807) is 19.1 Å². The van der Waals surface area contributed by atoms with Gasteiger partial charge in [-0.25, -0.2) is 0 Å². The SMILES string of the molecule is C#CCN(C)CCCCCCOc1ccc(C(C)=O)cc1. The van der Waals surface area contributed by atoms with Gasteiger partial charge in [0.15, 0.2) is 5.78 Å². The van der Waals surface area contributed by atoms with Crippen LogP contribution in [0.15, 0.2) is 24.3 Å². The number of carbonyl (C=O) groups is 1. The van der Waals surface area contributed by atoms with Crippen molar-refractivity contribution in [2.45, 2.75) is 32.6 Å². The molecule has 21 heavy (non-hydrogen) atoms. The monoisotopic (exact) mass is 287 g/mol. The fourth-order valence-corrected chi connectivity index (χ4v) is 2.05. The molecule has 114 valence electrons. The molecule has 0 heterocycles. The minimum atomic E-state index is 0.0800. The van der Waals surface area contributed by atoms with E-state index in [0.29, 0.717) is 0 Å². The number of hydrogen-bond donors (Lipinski definition) is 0. The third kappa shape index (κ3) is 7.53. The molecule has 0 radical (unpaired) electrons. The van der Waals surface area contributed by atoms with Crippen molar-refractivity contribution in [2.24, 2.45) is 0 Å². The Labute approximate surface area is 128 Å². The van der Waals surface area contributed by atoms with Crippen LogP contribution >= 0.6 is 0 Å². The lowest BCUT2D eigenvalue weighted by molar-refractivity contribution is 0.101. The van der Waals surface area contributed by atoms with Gasteiger partial charge in [-0.15, -0.1) is 6.42 Å². The number of benzene rings is 1. The fraction of sp³-hybridized carbons (Fsp3) is 0.500. The predicted octanol–water partition coefficient (Wildman–Crippen LogP) is 3.39. The zero-order valence-electron chi connectivity index (χ0n) is 13.1. The molecule has 0 bridgehead atoms. The lowest BCUT2D eigenvalue weighted by Crippen LogP contribution is -2.19. The molecule has 1 aromatic rings. The van der Waals surface area contributed by atoms with Gasteiger partial charge in [-0.1, -0.05) is 18.8 Å².